The van der Waals surface area contributed by atoms with Gasteiger partial charge in [-0.25, -0.2) is 4.79 Å². The lowest BCUT2D eigenvalue weighted by molar-refractivity contribution is -0.192. The third kappa shape index (κ3) is 5.72. The lowest BCUT2D eigenvalue weighted by Crippen LogP contribution is -2.54. The van der Waals surface area contributed by atoms with Gasteiger partial charge >= 0.3 is 12.1 Å². The quantitative estimate of drug-likeness (QED) is 0.771. The van der Waals surface area contributed by atoms with E-state index in [1.54, 1.807) is 6.20 Å². The molecule has 0 aliphatic carbocycles. The van der Waals surface area contributed by atoms with Crippen LogP contribution in [0, 0.1) is 0 Å². The normalized spacial score (nSPS) is 21.7. The molecule has 2 fully saturated rings. The van der Waals surface area contributed by atoms with Crippen molar-refractivity contribution in [3.8, 4) is 0 Å². The van der Waals surface area contributed by atoms with Gasteiger partial charge in [0.1, 0.15) is 5.69 Å². The molecule has 8 nitrogen and oxygen atoms in total. The second-order valence-electron chi connectivity index (χ2n) is 7.24. The summed E-state index contributed by atoms with van der Waals surface area (Å²) in [7, 11) is 4.03. The summed E-state index contributed by atoms with van der Waals surface area (Å²) in [5.41, 5.74) is 0.636. The maximum Gasteiger partial charge on any atom is 0.490 e. The second kappa shape index (κ2) is 9.29. The van der Waals surface area contributed by atoms with Crippen LogP contribution in [-0.2, 0) is 9.59 Å². The molecular formula is C18H25F3N4O4. The highest BCUT2D eigenvalue weighted by molar-refractivity contribution is 5.93. The molecule has 162 valence electrons. The van der Waals surface area contributed by atoms with Crippen molar-refractivity contribution < 1.29 is 32.7 Å². The number of nitrogens with zero attached hydrogens (tertiary/aromatic N) is 3. The van der Waals surface area contributed by atoms with Crippen molar-refractivity contribution in [3.05, 3.63) is 24.0 Å². The highest BCUT2D eigenvalue weighted by atomic mass is 19.4. The summed E-state index contributed by atoms with van der Waals surface area (Å²) in [5.74, 6) is -2.47. The number of halogens is 3. The van der Waals surface area contributed by atoms with E-state index in [4.69, 9.17) is 9.90 Å². The molecule has 29 heavy (non-hydrogen) atoms. The third-order valence-electron chi connectivity index (χ3n) is 5.00. The number of alkyl halides is 3. The Morgan fingerprint density at radius 1 is 1.28 bits per heavy atom. The van der Waals surface area contributed by atoms with E-state index in [1.165, 1.54) is 0 Å². The first-order valence-corrected chi connectivity index (χ1v) is 9.21. The topological polar surface area (TPSA) is 97.0 Å². The predicted octanol–water partition coefficient (Wildman–Crippen LogP) is 1.42. The molecule has 0 aromatic carbocycles. The predicted molar refractivity (Wildman–Crippen MR) is 97.2 cm³/mol. The minimum Gasteiger partial charge on any atom is -0.475 e. The Bertz CT molecular complexity index is 721. The SMILES string of the molecule is CN(C)CCN1C(=O)CC[C@@H]2[C@H]1CCN2C(=O)c1ccc[nH]1.O=C(O)C(F)(F)F. The minimum absolute atomic E-state index is 0.0550. The number of hydrogen-bond acceptors (Lipinski definition) is 4. The Hall–Kier alpha value is -2.56. The zero-order valence-corrected chi connectivity index (χ0v) is 16.3. The average Bonchev–Trinajstić information content (AvgIpc) is 3.29. The molecule has 0 unspecified atom stereocenters. The smallest absolute Gasteiger partial charge is 0.475 e. The highest BCUT2D eigenvalue weighted by Crippen LogP contribution is 2.32. The number of carboxylic acid groups (broad SMARTS) is 1. The number of carbonyl (C=O) groups is 3. The van der Waals surface area contributed by atoms with Gasteiger partial charge in [0.05, 0.1) is 12.1 Å². The van der Waals surface area contributed by atoms with Gasteiger partial charge in [-0.15, -0.1) is 0 Å². The molecule has 0 spiro atoms. The van der Waals surface area contributed by atoms with Crippen LogP contribution in [0.3, 0.4) is 0 Å². The van der Waals surface area contributed by atoms with Gasteiger partial charge in [-0.3, -0.25) is 9.59 Å². The van der Waals surface area contributed by atoms with Gasteiger partial charge in [-0.2, -0.15) is 13.2 Å². The van der Waals surface area contributed by atoms with Crippen LogP contribution in [0.5, 0.6) is 0 Å². The Balaban J connectivity index is 0.000000370. The van der Waals surface area contributed by atoms with E-state index >= 15 is 0 Å². The van der Waals surface area contributed by atoms with E-state index in [1.807, 2.05) is 36.0 Å². The molecule has 2 aliphatic rings. The molecule has 2 N–H and O–H groups in total. The number of likely N-dealkylation sites (tertiary alicyclic amines) is 2. The van der Waals surface area contributed by atoms with E-state index < -0.39 is 12.1 Å². The summed E-state index contributed by atoms with van der Waals surface area (Å²) in [6.45, 7) is 2.34. The fourth-order valence-corrected chi connectivity index (χ4v) is 3.62. The van der Waals surface area contributed by atoms with E-state index in [-0.39, 0.29) is 23.9 Å². The van der Waals surface area contributed by atoms with Crippen LogP contribution >= 0.6 is 0 Å². The third-order valence-corrected chi connectivity index (χ3v) is 5.00. The largest absolute Gasteiger partial charge is 0.490 e. The van der Waals surface area contributed by atoms with Gasteiger partial charge in [-0.05, 0) is 39.1 Å². The first-order chi connectivity index (χ1) is 13.5. The number of carbonyl (C=O) groups excluding carboxylic acids is 2. The lowest BCUT2D eigenvalue weighted by atomic mass is 9.96. The van der Waals surface area contributed by atoms with E-state index in [2.05, 4.69) is 9.88 Å². The Kier molecular flexibility index (Phi) is 7.28. The number of piperidine rings is 1. The standard InChI is InChI=1S/C16H24N4O2.C2HF3O2/c1-18(2)10-11-19-14-7-9-20(13(14)5-6-15(19)21)16(22)12-4-3-8-17-12;3-2(4,5)1(6)7/h3-4,8,13-14,17H,5-7,9-11H2,1-2H3;(H,6,7)/t13-,14-;/m1./s1. The molecule has 1 aromatic heterocycles. The second-order valence-corrected chi connectivity index (χ2v) is 7.24. The number of amides is 2. The van der Waals surface area contributed by atoms with Gasteiger partial charge in [-0.1, -0.05) is 0 Å². The van der Waals surface area contributed by atoms with E-state index in [0.717, 1.165) is 32.5 Å². The Morgan fingerprint density at radius 3 is 2.45 bits per heavy atom. The number of H-pyrrole nitrogens is 1. The van der Waals surface area contributed by atoms with Crippen molar-refractivity contribution >= 4 is 17.8 Å². The number of aromatic amines is 1. The average molecular weight is 418 g/mol. The molecule has 2 saturated heterocycles. The summed E-state index contributed by atoms with van der Waals surface area (Å²) in [6.07, 6.45) is -1.09. The summed E-state index contributed by atoms with van der Waals surface area (Å²) in [6, 6.07) is 4.00. The lowest BCUT2D eigenvalue weighted by Gasteiger charge is -2.40. The number of hydrogen-bond donors (Lipinski definition) is 2. The minimum atomic E-state index is -5.08. The van der Waals surface area contributed by atoms with Gasteiger partial charge in [0.25, 0.3) is 5.91 Å². The van der Waals surface area contributed by atoms with Crippen LogP contribution in [0.25, 0.3) is 0 Å². The van der Waals surface area contributed by atoms with Crippen LogP contribution in [0.2, 0.25) is 0 Å². The van der Waals surface area contributed by atoms with Crippen LogP contribution in [0.4, 0.5) is 13.2 Å². The maximum absolute atomic E-state index is 12.6. The number of likely N-dealkylation sites (N-methyl/N-ethyl adjacent to an activating group) is 1. The Labute approximate surface area is 166 Å². The monoisotopic (exact) mass is 418 g/mol. The van der Waals surface area contributed by atoms with Crippen LogP contribution in [0.15, 0.2) is 18.3 Å². The van der Waals surface area contributed by atoms with Crippen LogP contribution < -0.4 is 0 Å². The fourth-order valence-electron chi connectivity index (χ4n) is 3.62. The van der Waals surface area contributed by atoms with Gasteiger partial charge < -0.3 is 24.8 Å². The van der Waals surface area contributed by atoms with Crippen molar-refractivity contribution in [2.24, 2.45) is 0 Å². The van der Waals surface area contributed by atoms with E-state index in [9.17, 15) is 22.8 Å². The number of nitrogens with one attached hydrogen (secondary N) is 1. The number of rotatable bonds is 4. The summed E-state index contributed by atoms with van der Waals surface area (Å²) in [5, 5.41) is 7.12. The number of aromatic nitrogens is 1. The highest BCUT2D eigenvalue weighted by Gasteiger charge is 2.44. The molecule has 0 bridgehead atoms. The van der Waals surface area contributed by atoms with Gasteiger partial charge in [0.2, 0.25) is 5.91 Å². The molecule has 2 aliphatic heterocycles. The molecule has 11 heteroatoms. The van der Waals surface area contributed by atoms with Gasteiger partial charge in [0, 0.05) is 32.3 Å². The van der Waals surface area contributed by atoms with Crippen LogP contribution in [-0.4, -0.2) is 94.6 Å². The van der Waals surface area contributed by atoms with E-state index in [0.29, 0.717) is 12.1 Å². The molecule has 2 amide bonds. The summed E-state index contributed by atoms with van der Waals surface area (Å²) >= 11 is 0. The van der Waals surface area contributed by atoms with Crippen molar-refractivity contribution in [1.29, 1.82) is 0 Å². The zero-order valence-electron chi connectivity index (χ0n) is 16.3. The first-order valence-electron chi connectivity index (χ1n) is 9.21. The number of fused-ring (bicyclic) bond motifs is 1. The zero-order chi connectivity index (χ0) is 21.8. The molecule has 3 heterocycles. The molecular weight excluding hydrogens is 393 g/mol. The van der Waals surface area contributed by atoms with Crippen molar-refractivity contribution in [3.63, 3.8) is 0 Å². The molecule has 0 saturated carbocycles. The number of aliphatic carboxylic acids is 1. The summed E-state index contributed by atoms with van der Waals surface area (Å²) < 4.78 is 31.7. The van der Waals surface area contributed by atoms with Crippen molar-refractivity contribution in [2.45, 2.75) is 37.5 Å². The number of carboxylic acids is 1. The van der Waals surface area contributed by atoms with Crippen molar-refractivity contribution in [1.82, 2.24) is 19.7 Å². The summed E-state index contributed by atoms with van der Waals surface area (Å²) in [4.78, 5) is 42.8. The first kappa shape index (κ1) is 22.7. The Morgan fingerprint density at radius 2 is 1.93 bits per heavy atom. The fraction of sp³-hybridized carbons (Fsp3) is 0.611. The molecule has 3 rings (SSSR count). The molecule has 0 radical (unpaired) electrons. The molecule has 1 aromatic rings. The van der Waals surface area contributed by atoms with Crippen LogP contribution in [0.1, 0.15) is 29.8 Å². The van der Waals surface area contributed by atoms with Gasteiger partial charge in [0.15, 0.2) is 0 Å². The maximum atomic E-state index is 12.6. The molecule has 2 atom stereocenters. The van der Waals surface area contributed by atoms with Crippen molar-refractivity contribution in [2.75, 3.05) is 33.7 Å².